The Kier molecular flexibility index (Phi) is 3.74. The van der Waals surface area contributed by atoms with E-state index in [-0.39, 0.29) is 17.8 Å². The second-order valence-corrected chi connectivity index (χ2v) is 4.43. The third-order valence-corrected chi connectivity index (χ3v) is 3.21. The van der Waals surface area contributed by atoms with Crippen LogP contribution in [0.2, 0.25) is 0 Å². The molecule has 1 aliphatic heterocycles. The molecule has 1 amide bonds. The van der Waals surface area contributed by atoms with Crippen LogP contribution in [-0.2, 0) is 0 Å². The monoisotopic (exact) mass is 236 g/mol. The van der Waals surface area contributed by atoms with E-state index in [9.17, 15) is 9.18 Å². The summed E-state index contributed by atoms with van der Waals surface area (Å²) >= 11 is 0. The maximum absolute atomic E-state index is 13.1. The Labute approximate surface area is 101 Å². The normalized spacial score (nSPS) is 20.0. The summed E-state index contributed by atoms with van der Waals surface area (Å²) in [6.45, 7) is 1.83. The van der Waals surface area contributed by atoms with E-state index >= 15 is 0 Å². The molecule has 1 aromatic carbocycles. The van der Waals surface area contributed by atoms with Gasteiger partial charge in [-0.05, 0) is 37.6 Å². The molecule has 3 nitrogen and oxygen atoms in total. The van der Waals surface area contributed by atoms with Gasteiger partial charge in [-0.2, -0.15) is 0 Å². The van der Waals surface area contributed by atoms with Crippen molar-refractivity contribution >= 4 is 5.91 Å². The van der Waals surface area contributed by atoms with Crippen LogP contribution in [0.4, 0.5) is 4.39 Å². The zero-order valence-electron chi connectivity index (χ0n) is 9.95. The number of amides is 1. The molecular weight excluding hydrogens is 219 g/mol. The van der Waals surface area contributed by atoms with Crippen LogP contribution in [-0.4, -0.2) is 37.0 Å². The van der Waals surface area contributed by atoms with Crippen molar-refractivity contribution in [2.45, 2.75) is 18.9 Å². The van der Waals surface area contributed by atoms with E-state index in [4.69, 9.17) is 0 Å². The van der Waals surface area contributed by atoms with Gasteiger partial charge >= 0.3 is 0 Å². The molecule has 0 spiro atoms. The van der Waals surface area contributed by atoms with Gasteiger partial charge in [0.2, 0.25) is 0 Å². The van der Waals surface area contributed by atoms with Crippen LogP contribution >= 0.6 is 0 Å². The number of likely N-dealkylation sites (N-methyl/N-ethyl adjacent to an activating group) is 1. The zero-order valence-corrected chi connectivity index (χ0v) is 9.95. The summed E-state index contributed by atoms with van der Waals surface area (Å²) < 4.78 is 13.1. The lowest BCUT2D eigenvalue weighted by atomic mass is 10.1. The first-order valence-corrected chi connectivity index (χ1v) is 5.92. The molecule has 17 heavy (non-hydrogen) atoms. The van der Waals surface area contributed by atoms with Crippen LogP contribution in [0.5, 0.6) is 0 Å². The first-order valence-electron chi connectivity index (χ1n) is 5.92. The molecule has 92 valence electrons. The quantitative estimate of drug-likeness (QED) is 0.846. The van der Waals surface area contributed by atoms with Crippen LogP contribution in [0.25, 0.3) is 0 Å². The largest absolute Gasteiger partial charge is 0.337 e. The molecule has 1 fully saturated rings. The first-order chi connectivity index (χ1) is 8.18. The third-order valence-electron chi connectivity index (χ3n) is 3.21. The molecule has 1 saturated heterocycles. The summed E-state index contributed by atoms with van der Waals surface area (Å²) in [7, 11) is 1.78. The van der Waals surface area contributed by atoms with E-state index < -0.39 is 0 Å². The smallest absolute Gasteiger partial charge is 0.253 e. The summed E-state index contributed by atoms with van der Waals surface area (Å²) in [6, 6.07) is 6.06. The van der Waals surface area contributed by atoms with Gasteiger partial charge in [-0.15, -0.1) is 0 Å². The van der Waals surface area contributed by atoms with Gasteiger partial charge in [0.15, 0.2) is 0 Å². The number of carbonyl (C=O) groups excluding carboxylic acids is 1. The molecule has 1 heterocycles. The van der Waals surface area contributed by atoms with E-state index in [1.165, 1.54) is 12.1 Å². The summed E-state index contributed by atoms with van der Waals surface area (Å²) in [5.41, 5.74) is 0.415. The van der Waals surface area contributed by atoms with Gasteiger partial charge in [-0.1, -0.05) is 6.07 Å². The van der Waals surface area contributed by atoms with Crippen molar-refractivity contribution in [3.05, 3.63) is 35.6 Å². The fourth-order valence-electron chi connectivity index (χ4n) is 2.15. The van der Waals surface area contributed by atoms with E-state index in [0.717, 1.165) is 25.9 Å². The molecule has 0 radical (unpaired) electrons. The fraction of sp³-hybridized carbons (Fsp3) is 0.462. The minimum Gasteiger partial charge on any atom is -0.337 e. The number of hydrogen-bond acceptors (Lipinski definition) is 2. The van der Waals surface area contributed by atoms with Crippen molar-refractivity contribution in [3.63, 3.8) is 0 Å². The Balaban J connectivity index is 2.08. The summed E-state index contributed by atoms with van der Waals surface area (Å²) in [5, 5.41) is 3.27. The topological polar surface area (TPSA) is 32.3 Å². The van der Waals surface area contributed by atoms with Crippen LogP contribution in [0.15, 0.2) is 24.3 Å². The molecule has 4 heteroatoms. The van der Waals surface area contributed by atoms with E-state index in [2.05, 4.69) is 5.32 Å². The minimum atomic E-state index is -0.369. The maximum Gasteiger partial charge on any atom is 0.253 e. The molecule has 2 rings (SSSR count). The second kappa shape index (κ2) is 5.27. The van der Waals surface area contributed by atoms with E-state index in [1.807, 2.05) is 0 Å². The molecule has 1 unspecified atom stereocenters. The molecule has 1 N–H and O–H groups in total. The van der Waals surface area contributed by atoms with Crippen molar-refractivity contribution in [3.8, 4) is 0 Å². The summed E-state index contributed by atoms with van der Waals surface area (Å²) in [4.78, 5) is 13.8. The van der Waals surface area contributed by atoms with Crippen LogP contribution in [0.1, 0.15) is 23.2 Å². The third kappa shape index (κ3) is 2.82. The summed E-state index contributed by atoms with van der Waals surface area (Å²) in [5.74, 6) is -0.482. The molecule has 0 aromatic heterocycles. The summed E-state index contributed by atoms with van der Waals surface area (Å²) in [6.07, 6.45) is 2.08. The number of piperidine rings is 1. The van der Waals surface area contributed by atoms with Gasteiger partial charge in [0.25, 0.3) is 5.91 Å². The van der Waals surface area contributed by atoms with Crippen LogP contribution in [0, 0.1) is 5.82 Å². The lowest BCUT2D eigenvalue weighted by molar-refractivity contribution is 0.0708. The van der Waals surface area contributed by atoms with Gasteiger partial charge < -0.3 is 10.2 Å². The predicted molar refractivity (Wildman–Crippen MR) is 64.4 cm³/mol. The maximum atomic E-state index is 13.1. The van der Waals surface area contributed by atoms with Crippen LogP contribution in [0.3, 0.4) is 0 Å². The molecule has 1 aromatic rings. The van der Waals surface area contributed by atoms with Gasteiger partial charge in [-0.25, -0.2) is 4.39 Å². The number of halogens is 1. The molecular formula is C13H17FN2O. The van der Waals surface area contributed by atoms with Crippen molar-refractivity contribution in [2.24, 2.45) is 0 Å². The number of carbonyl (C=O) groups is 1. The molecule has 1 aliphatic rings. The highest BCUT2D eigenvalue weighted by Crippen LogP contribution is 2.13. The van der Waals surface area contributed by atoms with E-state index in [0.29, 0.717) is 5.56 Å². The van der Waals surface area contributed by atoms with E-state index in [1.54, 1.807) is 24.1 Å². The average Bonchev–Trinajstić information content (AvgIpc) is 2.38. The second-order valence-electron chi connectivity index (χ2n) is 4.43. The highest BCUT2D eigenvalue weighted by molar-refractivity contribution is 5.94. The minimum absolute atomic E-state index is 0.113. The van der Waals surface area contributed by atoms with Crippen molar-refractivity contribution in [1.82, 2.24) is 10.2 Å². The van der Waals surface area contributed by atoms with Crippen molar-refractivity contribution in [2.75, 3.05) is 20.1 Å². The predicted octanol–water partition coefficient (Wildman–Crippen LogP) is 1.65. The molecule has 1 atom stereocenters. The average molecular weight is 236 g/mol. The number of nitrogens with one attached hydrogen (secondary N) is 1. The SMILES string of the molecule is CN(C(=O)c1cccc(F)c1)C1CCCNC1. The van der Waals surface area contributed by atoms with Crippen molar-refractivity contribution < 1.29 is 9.18 Å². The standard InChI is InChI=1S/C13H17FN2O/c1-16(12-6-3-7-15-9-12)13(17)10-4-2-5-11(14)8-10/h2,4-5,8,12,15H,3,6-7,9H2,1H3. The Hall–Kier alpha value is -1.42. The van der Waals surface area contributed by atoms with Gasteiger partial charge in [-0.3, -0.25) is 4.79 Å². The fourth-order valence-corrected chi connectivity index (χ4v) is 2.15. The zero-order chi connectivity index (χ0) is 12.3. The Bertz CT molecular complexity index is 402. The highest BCUT2D eigenvalue weighted by atomic mass is 19.1. The Morgan fingerprint density at radius 3 is 3.00 bits per heavy atom. The Morgan fingerprint density at radius 2 is 2.35 bits per heavy atom. The van der Waals surface area contributed by atoms with Gasteiger partial charge in [0.05, 0.1) is 0 Å². The highest BCUT2D eigenvalue weighted by Gasteiger charge is 2.22. The van der Waals surface area contributed by atoms with Crippen LogP contribution < -0.4 is 5.32 Å². The lowest BCUT2D eigenvalue weighted by Crippen LogP contribution is -2.46. The molecule has 0 aliphatic carbocycles. The van der Waals surface area contributed by atoms with Gasteiger partial charge in [0.1, 0.15) is 5.82 Å². The Morgan fingerprint density at radius 1 is 1.53 bits per heavy atom. The molecule has 0 bridgehead atoms. The number of nitrogens with zero attached hydrogens (tertiary/aromatic N) is 1. The number of benzene rings is 1. The molecule has 0 saturated carbocycles. The number of hydrogen-bond donors (Lipinski definition) is 1. The first kappa shape index (κ1) is 12.0. The van der Waals surface area contributed by atoms with Crippen molar-refractivity contribution in [1.29, 1.82) is 0 Å². The number of rotatable bonds is 2. The lowest BCUT2D eigenvalue weighted by Gasteiger charge is -2.31. The van der Waals surface area contributed by atoms with Gasteiger partial charge in [0, 0.05) is 25.2 Å².